The standard InChI is InChI=1S/C16H24N2O2/c1-13-6-7-14(11-17-13)12-18(2)16(10-15(19)20)8-4-3-5-9-16/h6-7,11H,3-5,8-10,12H2,1-2H3,(H,19,20). The maximum atomic E-state index is 11.2. The van der Waals surface area contributed by atoms with Crippen molar-refractivity contribution in [1.82, 2.24) is 9.88 Å². The third kappa shape index (κ3) is 3.57. The zero-order valence-corrected chi connectivity index (χ0v) is 12.4. The first-order valence-electron chi connectivity index (χ1n) is 7.36. The predicted molar refractivity (Wildman–Crippen MR) is 78.5 cm³/mol. The lowest BCUT2D eigenvalue weighted by Crippen LogP contribution is -2.49. The summed E-state index contributed by atoms with van der Waals surface area (Å²) in [7, 11) is 2.05. The first kappa shape index (κ1) is 15.0. The van der Waals surface area contributed by atoms with Gasteiger partial charge in [-0.25, -0.2) is 0 Å². The minimum Gasteiger partial charge on any atom is -0.481 e. The molecular formula is C16H24N2O2. The predicted octanol–water partition coefficient (Wildman–Crippen LogP) is 3.00. The molecule has 0 amide bonds. The molecule has 0 radical (unpaired) electrons. The van der Waals surface area contributed by atoms with Gasteiger partial charge >= 0.3 is 5.97 Å². The second kappa shape index (κ2) is 6.35. The maximum absolute atomic E-state index is 11.2. The van der Waals surface area contributed by atoms with E-state index in [2.05, 4.69) is 16.0 Å². The Labute approximate surface area is 120 Å². The van der Waals surface area contributed by atoms with Crippen LogP contribution in [0.4, 0.5) is 0 Å². The summed E-state index contributed by atoms with van der Waals surface area (Å²) in [6, 6.07) is 4.09. The molecule has 1 saturated carbocycles. The number of nitrogens with zero attached hydrogens (tertiary/aromatic N) is 2. The summed E-state index contributed by atoms with van der Waals surface area (Å²) in [5.74, 6) is -0.694. The fourth-order valence-corrected chi connectivity index (χ4v) is 3.22. The third-order valence-corrected chi connectivity index (χ3v) is 4.47. The van der Waals surface area contributed by atoms with Crippen molar-refractivity contribution in [3.8, 4) is 0 Å². The van der Waals surface area contributed by atoms with Crippen LogP contribution in [0.3, 0.4) is 0 Å². The molecule has 4 nitrogen and oxygen atoms in total. The van der Waals surface area contributed by atoms with E-state index in [4.69, 9.17) is 0 Å². The lowest BCUT2D eigenvalue weighted by Gasteiger charge is -2.44. The van der Waals surface area contributed by atoms with Crippen molar-refractivity contribution in [2.75, 3.05) is 7.05 Å². The molecule has 0 spiro atoms. The van der Waals surface area contributed by atoms with Crippen LogP contribution in [0.15, 0.2) is 18.3 Å². The average molecular weight is 276 g/mol. The van der Waals surface area contributed by atoms with Crippen molar-refractivity contribution in [2.45, 2.75) is 57.5 Å². The molecule has 0 atom stereocenters. The van der Waals surface area contributed by atoms with Crippen LogP contribution in [0.1, 0.15) is 49.8 Å². The molecule has 4 heteroatoms. The van der Waals surface area contributed by atoms with Crippen molar-refractivity contribution < 1.29 is 9.90 Å². The number of carboxylic acids is 1. The number of aryl methyl sites for hydroxylation is 1. The molecule has 1 aromatic heterocycles. The molecule has 1 aliphatic carbocycles. The fourth-order valence-electron chi connectivity index (χ4n) is 3.22. The van der Waals surface area contributed by atoms with Crippen LogP contribution in [0.2, 0.25) is 0 Å². The van der Waals surface area contributed by atoms with E-state index in [-0.39, 0.29) is 12.0 Å². The normalized spacial score (nSPS) is 18.1. The quantitative estimate of drug-likeness (QED) is 0.898. The van der Waals surface area contributed by atoms with Crippen molar-refractivity contribution in [3.05, 3.63) is 29.6 Å². The van der Waals surface area contributed by atoms with Crippen LogP contribution in [0.25, 0.3) is 0 Å². The van der Waals surface area contributed by atoms with E-state index >= 15 is 0 Å². The molecule has 0 aliphatic heterocycles. The zero-order chi connectivity index (χ0) is 14.6. The highest BCUT2D eigenvalue weighted by Gasteiger charge is 2.37. The average Bonchev–Trinajstić information content (AvgIpc) is 2.41. The monoisotopic (exact) mass is 276 g/mol. The molecule has 0 unspecified atom stereocenters. The smallest absolute Gasteiger partial charge is 0.305 e. The largest absolute Gasteiger partial charge is 0.481 e. The Morgan fingerprint density at radius 2 is 2.05 bits per heavy atom. The van der Waals surface area contributed by atoms with Gasteiger partial charge in [0.25, 0.3) is 0 Å². The fraction of sp³-hybridized carbons (Fsp3) is 0.625. The van der Waals surface area contributed by atoms with E-state index in [1.807, 2.05) is 26.2 Å². The molecule has 1 heterocycles. The summed E-state index contributed by atoms with van der Waals surface area (Å²) in [6.07, 6.45) is 7.57. The molecule has 2 rings (SSSR count). The summed E-state index contributed by atoms with van der Waals surface area (Å²) in [5.41, 5.74) is 1.97. The molecule has 110 valence electrons. The number of carbonyl (C=O) groups is 1. The van der Waals surface area contributed by atoms with Gasteiger partial charge in [-0.15, -0.1) is 0 Å². The lowest BCUT2D eigenvalue weighted by molar-refractivity contribution is -0.141. The Hall–Kier alpha value is -1.42. The highest BCUT2D eigenvalue weighted by Crippen LogP contribution is 2.36. The molecule has 1 aromatic rings. The number of aromatic nitrogens is 1. The molecule has 1 fully saturated rings. The SMILES string of the molecule is Cc1ccc(CN(C)C2(CC(=O)O)CCCCC2)cn1. The van der Waals surface area contributed by atoms with Crippen molar-refractivity contribution in [3.63, 3.8) is 0 Å². The highest BCUT2D eigenvalue weighted by molar-refractivity contribution is 5.68. The number of carboxylic acid groups (broad SMARTS) is 1. The van der Waals surface area contributed by atoms with E-state index in [1.54, 1.807) is 0 Å². The van der Waals surface area contributed by atoms with E-state index < -0.39 is 5.97 Å². The molecule has 1 N–H and O–H groups in total. The van der Waals surface area contributed by atoms with Gasteiger partial charge in [0.1, 0.15) is 0 Å². The van der Waals surface area contributed by atoms with Gasteiger partial charge in [0.05, 0.1) is 6.42 Å². The van der Waals surface area contributed by atoms with Crippen LogP contribution in [-0.2, 0) is 11.3 Å². The molecule has 1 aliphatic rings. The van der Waals surface area contributed by atoms with Gasteiger partial charge < -0.3 is 5.11 Å². The van der Waals surface area contributed by atoms with E-state index in [0.717, 1.165) is 43.5 Å². The van der Waals surface area contributed by atoms with Gasteiger partial charge in [-0.05, 0) is 38.4 Å². The Morgan fingerprint density at radius 3 is 2.60 bits per heavy atom. The topological polar surface area (TPSA) is 53.4 Å². The first-order chi connectivity index (χ1) is 9.52. The van der Waals surface area contributed by atoms with Gasteiger partial charge in [0.15, 0.2) is 0 Å². The van der Waals surface area contributed by atoms with Crippen LogP contribution >= 0.6 is 0 Å². The van der Waals surface area contributed by atoms with Gasteiger partial charge in [-0.1, -0.05) is 25.3 Å². The van der Waals surface area contributed by atoms with Crippen molar-refractivity contribution in [1.29, 1.82) is 0 Å². The summed E-state index contributed by atoms with van der Waals surface area (Å²) in [4.78, 5) is 17.8. The number of pyridine rings is 1. The van der Waals surface area contributed by atoms with Crippen LogP contribution in [0, 0.1) is 6.92 Å². The molecule has 0 bridgehead atoms. The minimum atomic E-state index is -0.694. The van der Waals surface area contributed by atoms with Gasteiger partial charge in [-0.2, -0.15) is 0 Å². The lowest BCUT2D eigenvalue weighted by atomic mass is 9.78. The van der Waals surface area contributed by atoms with Gasteiger partial charge in [0.2, 0.25) is 0 Å². The Morgan fingerprint density at radius 1 is 1.35 bits per heavy atom. The van der Waals surface area contributed by atoms with Gasteiger partial charge in [0, 0.05) is 24.0 Å². The van der Waals surface area contributed by atoms with Crippen LogP contribution in [-0.4, -0.2) is 33.5 Å². The zero-order valence-electron chi connectivity index (χ0n) is 12.4. The molecule has 0 saturated heterocycles. The molecule has 0 aromatic carbocycles. The first-order valence-corrected chi connectivity index (χ1v) is 7.36. The molecular weight excluding hydrogens is 252 g/mol. The summed E-state index contributed by atoms with van der Waals surface area (Å²) < 4.78 is 0. The molecule has 20 heavy (non-hydrogen) atoms. The summed E-state index contributed by atoms with van der Waals surface area (Å²) in [5, 5.41) is 9.24. The van der Waals surface area contributed by atoms with Gasteiger partial charge in [-0.3, -0.25) is 14.7 Å². The Kier molecular flexibility index (Phi) is 4.76. The van der Waals surface area contributed by atoms with E-state index in [1.165, 1.54) is 6.42 Å². The second-order valence-corrected chi connectivity index (χ2v) is 6.02. The minimum absolute atomic E-state index is 0.186. The van der Waals surface area contributed by atoms with Crippen LogP contribution in [0.5, 0.6) is 0 Å². The van der Waals surface area contributed by atoms with Crippen molar-refractivity contribution >= 4 is 5.97 Å². The van der Waals surface area contributed by atoms with E-state index in [0.29, 0.717) is 0 Å². The second-order valence-electron chi connectivity index (χ2n) is 6.02. The van der Waals surface area contributed by atoms with E-state index in [9.17, 15) is 9.90 Å². The number of aliphatic carboxylic acids is 1. The Bertz CT molecular complexity index is 450. The van der Waals surface area contributed by atoms with Crippen LogP contribution < -0.4 is 0 Å². The number of rotatable bonds is 5. The van der Waals surface area contributed by atoms with Crippen molar-refractivity contribution in [2.24, 2.45) is 0 Å². The number of hydrogen-bond acceptors (Lipinski definition) is 3. The Balaban J connectivity index is 2.11. The maximum Gasteiger partial charge on any atom is 0.305 e. The number of hydrogen-bond donors (Lipinski definition) is 1. The highest BCUT2D eigenvalue weighted by atomic mass is 16.4. The summed E-state index contributed by atoms with van der Waals surface area (Å²) in [6.45, 7) is 2.74. The summed E-state index contributed by atoms with van der Waals surface area (Å²) >= 11 is 0. The third-order valence-electron chi connectivity index (χ3n) is 4.47.